The van der Waals surface area contributed by atoms with Crippen LogP contribution >= 0.6 is 22.9 Å². The molecule has 3 rings (SSSR count). The molecule has 0 radical (unpaired) electrons. The third-order valence-electron chi connectivity index (χ3n) is 2.63. The monoisotopic (exact) mass is 247 g/mol. The molecule has 1 aromatic carbocycles. The first-order valence-electron chi connectivity index (χ1n) is 5.08. The number of halogens is 1. The van der Waals surface area contributed by atoms with Crippen LogP contribution in [-0.2, 0) is 0 Å². The third-order valence-corrected chi connectivity index (χ3v) is 3.89. The summed E-state index contributed by atoms with van der Waals surface area (Å²) in [5, 5.41) is 1.25. The molecule has 0 amide bonds. The molecule has 0 fully saturated rings. The predicted molar refractivity (Wildman–Crippen MR) is 71.4 cm³/mol. The van der Waals surface area contributed by atoms with Gasteiger partial charge in [0, 0.05) is 21.5 Å². The van der Waals surface area contributed by atoms with Crippen molar-refractivity contribution in [1.82, 2.24) is 4.98 Å². The lowest BCUT2D eigenvalue weighted by molar-refractivity contribution is 1.30. The fourth-order valence-corrected chi connectivity index (χ4v) is 3.04. The second kappa shape index (κ2) is 3.65. The van der Waals surface area contributed by atoms with Crippen molar-refractivity contribution in [1.29, 1.82) is 0 Å². The van der Waals surface area contributed by atoms with E-state index in [4.69, 9.17) is 11.6 Å². The van der Waals surface area contributed by atoms with Crippen LogP contribution in [0, 0.1) is 6.92 Å². The van der Waals surface area contributed by atoms with Gasteiger partial charge in [-0.25, -0.2) is 0 Å². The Labute approximate surface area is 103 Å². The first-order chi connectivity index (χ1) is 7.74. The van der Waals surface area contributed by atoms with Crippen molar-refractivity contribution < 1.29 is 0 Å². The number of H-pyrrole nitrogens is 1. The molecule has 0 saturated heterocycles. The number of rotatable bonds is 1. The van der Waals surface area contributed by atoms with E-state index in [1.165, 1.54) is 27.0 Å². The van der Waals surface area contributed by atoms with Crippen LogP contribution in [0.25, 0.3) is 21.3 Å². The SMILES string of the molecule is Cc1cc2cccc(-c3ccc(Cl)s3)c2[nH]1. The molecule has 0 aliphatic rings. The van der Waals surface area contributed by atoms with Crippen LogP contribution in [0.1, 0.15) is 5.69 Å². The maximum atomic E-state index is 5.97. The topological polar surface area (TPSA) is 15.8 Å². The van der Waals surface area contributed by atoms with Gasteiger partial charge in [-0.15, -0.1) is 11.3 Å². The maximum absolute atomic E-state index is 5.97. The molecule has 80 valence electrons. The number of aromatic amines is 1. The van der Waals surface area contributed by atoms with E-state index in [1.54, 1.807) is 11.3 Å². The molecule has 3 aromatic rings. The molecule has 0 spiro atoms. The van der Waals surface area contributed by atoms with E-state index in [-0.39, 0.29) is 0 Å². The average molecular weight is 248 g/mol. The normalized spacial score (nSPS) is 11.1. The first-order valence-corrected chi connectivity index (χ1v) is 6.27. The summed E-state index contributed by atoms with van der Waals surface area (Å²) in [6.07, 6.45) is 0. The van der Waals surface area contributed by atoms with Crippen molar-refractivity contribution in [2.45, 2.75) is 6.92 Å². The van der Waals surface area contributed by atoms with Gasteiger partial charge in [0.25, 0.3) is 0 Å². The summed E-state index contributed by atoms with van der Waals surface area (Å²) in [5.74, 6) is 0. The number of thiophene rings is 1. The zero-order valence-corrected chi connectivity index (χ0v) is 10.3. The minimum Gasteiger partial charge on any atom is -0.358 e. The highest BCUT2D eigenvalue weighted by molar-refractivity contribution is 7.19. The van der Waals surface area contributed by atoms with Crippen LogP contribution in [0.4, 0.5) is 0 Å². The number of para-hydroxylation sites is 1. The number of aryl methyl sites for hydroxylation is 1. The summed E-state index contributed by atoms with van der Waals surface area (Å²) in [6, 6.07) is 12.5. The van der Waals surface area contributed by atoms with Gasteiger partial charge in [0.05, 0.1) is 9.85 Å². The highest BCUT2D eigenvalue weighted by Crippen LogP contribution is 2.35. The third kappa shape index (κ3) is 1.55. The second-order valence-corrected chi connectivity index (χ2v) is 5.54. The lowest BCUT2D eigenvalue weighted by atomic mass is 10.1. The fourth-order valence-electron chi connectivity index (χ4n) is 1.96. The van der Waals surface area contributed by atoms with Gasteiger partial charge in [-0.1, -0.05) is 29.8 Å². The molecule has 0 saturated carbocycles. The lowest BCUT2D eigenvalue weighted by Gasteiger charge is -1.99. The summed E-state index contributed by atoms with van der Waals surface area (Å²) in [6.45, 7) is 2.07. The van der Waals surface area contributed by atoms with Gasteiger partial charge in [-0.05, 0) is 25.1 Å². The van der Waals surface area contributed by atoms with Crippen LogP contribution < -0.4 is 0 Å². The van der Waals surface area contributed by atoms with Crippen molar-refractivity contribution in [3.8, 4) is 10.4 Å². The molecule has 1 N–H and O–H groups in total. The van der Waals surface area contributed by atoms with Crippen molar-refractivity contribution >= 4 is 33.8 Å². The van der Waals surface area contributed by atoms with Gasteiger partial charge < -0.3 is 4.98 Å². The average Bonchev–Trinajstić information content (AvgIpc) is 2.82. The maximum Gasteiger partial charge on any atom is 0.0934 e. The molecule has 3 heteroatoms. The Morgan fingerprint density at radius 3 is 2.81 bits per heavy atom. The number of hydrogen-bond acceptors (Lipinski definition) is 1. The fraction of sp³-hybridized carbons (Fsp3) is 0.0769. The van der Waals surface area contributed by atoms with Crippen LogP contribution in [0.15, 0.2) is 36.4 Å². The molecule has 0 aliphatic heterocycles. The molecular weight excluding hydrogens is 238 g/mol. The van der Waals surface area contributed by atoms with Crippen molar-refractivity contribution in [2.75, 3.05) is 0 Å². The molecule has 16 heavy (non-hydrogen) atoms. The molecular formula is C13H10ClNS. The Bertz CT molecular complexity index is 651. The molecule has 1 nitrogen and oxygen atoms in total. The minimum atomic E-state index is 0.829. The quantitative estimate of drug-likeness (QED) is 0.632. The number of fused-ring (bicyclic) bond motifs is 1. The Kier molecular flexibility index (Phi) is 2.27. The standard InChI is InChI=1S/C13H10ClNS/c1-8-7-9-3-2-4-10(13(9)15-8)11-5-6-12(14)16-11/h2-7,15H,1H3. The largest absolute Gasteiger partial charge is 0.358 e. The Morgan fingerprint density at radius 1 is 1.19 bits per heavy atom. The molecule has 0 aliphatic carbocycles. The molecule has 2 heterocycles. The Balaban J connectivity index is 2.30. The minimum absolute atomic E-state index is 0.829. The highest BCUT2D eigenvalue weighted by Gasteiger charge is 2.07. The lowest BCUT2D eigenvalue weighted by Crippen LogP contribution is -1.76. The number of aromatic nitrogens is 1. The van der Waals surface area contributed by atoms with Gasteiger partial charge in [0.15, 0.2) is 0 Å². The summed E-state index contributed by atoms with van der Waals surface area (Å²) in [5.41, 5.74) is 3.60. The molecule has 0 unspecified atom stereocenters. The number of benzene rings is 1. The van der Waals surface area contributed by atoms with Crippen molar-refractivity contribution in [2.24, 2.45) is 0 Å². The van der Waals surface area contributed by atoms with Crippen LogP contribution in [0.2, 0.25) is 4.34 Å². The number of nitrogens with one attached hydrogen (secondary N) is 1. The van der Waals surface area contributed by atoms with E-state index >= 15 is 0 Å². The van der Waals surface area contributed by atoms with E-state index in [0.717, 1.165) is 4.34 Å². The summed E-state index contributed by atoms with van der Waals surface area (Å²) >= 11 is 7.59. The molecule has 2 aromatic heterocycles. The molecule has 0 bridgehead atoms. The van der Waals surface area contributed by atoms with E-state index in [2.05, 4.69) is 42.2 Å². The zero-order valence-electron chi connectivity index (χ0n) is 8.75. The smallest absolute Gasteiger partial charge is 0.0934 e. The van der Waals surface area contributed by atoms with E-state index in [0.29, 0.717) is 0 Å². The summed E-state index contributed by atoms with van der Waals surface area (Å²) in [7, 11) is 0. The zero-order chi connectivity index (χ0) is 11.1. The highest BCUT2D eigenvalue weighted by atomic mass is 35.5. The van der Waals surface area contributed by atoms with E-state index in [1.807, 2.05) is 6.07 Å². The Hall–Kier alpha value is -1.25. The van der Waals surface area contributed by atoms with Gasteiger partial charge >= 0.3 is 0 Å². The number of hydrogen-bond donors (Lipinski definition) is 1. The van der Waals surface area contributed by atoms with Crippen LogP contribution in [-0.4, -0.2) is 4.98 Å². The van der Waals surface area contributed by atoms with Crippen LogP contribution in [0.5, 0.6) is 0 Å². The predicted octanol–water partition coefficient (Wildman–Crippen LogP) is 4.86. The van der Waals surface area contributed by atoms with Crippen molar-refractivity contribution in [3.05, 3.63) is 46.4 Å². The van der Waals surface area contributed by atoms with E-state index < -0.39 is 0 Å². The van der Waals surface area contributed by atoms with Gasteiger partial charge in [-0.3, -0.25) is 0 Å². The van der Waals surface area contributed by atoms with Gasteiger partial charge in [0.2, 0.25) is 0 Å². The first kappa shape index (κ1) is 9.94. The summed E-state index contributed by atoms with van der Waals surface area (Å²) in [4.78, 5) is 4.60. The summed E-state index contributed by atoms with van der Waals surface area (Å²) < 4.78 is 0.829. The van der Waals surface area contributed by atoms with Crippen molar-refractivity contribution in [3.63, 3.8) is 0 Å². The molecule has 0 atom stereocenters. The van der Waals surface area contributed by atoms with E-state index in [9.17, 15) is 0 Å². The van der Waals surface area contributed by atoms with Gasteiger partial charge in [-0.2, -0.15) is 0 Å². The van der Waals surface area contributed by atoms with Gasteiger partial charge in [0.1, 0.15) is 0 Å². The second-order valence-electron chi connectivity index (χ2n) is 3.83. The Morgan fingerprint density at radius 2 is 2.06 bits per heavy atom. The van der Waals surface area contributed by atoms with Crippen LogP contribution in [0.3, 0.4) is 0 Å².